The number of aryl methyl sites for hydroxylation is 1. The van der Waals surface area contributed by atoms with Gasteiger partial charge in [-0.05, 0) is 57.6 Å². The lowest BCUT2D eigenvalue weighted by atomic mass is 9.88. The summed E-state index contributed by atoms with van der Waals surface area (Å²) in [5.41, 5.74) is 1.71. The van der Waals surface area contributed by atoms with Gasteiger partial charge in [0.15, 0.2) is 0 Å². The van der Waals surface area contributed by atoms with Gasteiger partial charge in [-0.3, -0.25) is 4.79 Å². The van der Waals surface area contributed by atoms with E-state index in [0.717, 1.165) is 29.7 Å². The molecule has 1 aliphatic carbocycles. The van der Waals surface area contributed by atoms with Crippen LogP contribution in [0.25, 0.3) is 0 Å². The maximum atomic E-state index is 13.0. The molecule has 1 aromatic rings. The Bertz CT molecular complexity index is 583. The molecule has 2 atom stereocenters. The Morgan fingerprint density at radius 1 is 1.25 bits per heavy atom. The summed E-state index contributed by atoms with van der Waals surface area (Å²) in [6, 6.07) is 6.37. The van der Waals surface area contributed by atoms with Crippen molar-refractivity contribution in [2.24, 2.45) is 0 Å². The van der Waals surface area contributed by atoms with Crippen molar-refractivity contribution in [2.75, 3.05) is 27.7 Å². The van der Waals surface area contributed by atoms with Crippen LogP contribution < -0.4 is 4.74 Å². The number of benzene rings is 1. The van der Waals surface area contributed by atoms with Gasteiger partial charge in [0.1, 0.15) is 12.4 Å². The summed E-state index contributed by atoms with van der Waals surface area (Å²) in [5, 5.41) is 0. The van der Waals surface area contributed by atoms with Gasteiger partial charge < -0.3 is 14.5 Å². The molecule has 0 N–H and O–H groups in total. The Labute approximate surface area is 146 Å². The first-order valence-corrected chi connectivity index (χ1v) is 8.73. The molecule has 0 bridgehead atoms. The Morgan fingerprint density at radius 2 is 1.92 bits per heavy atom. The summed E-state index contributed by atoms with van der Waals surface area (Å²) in [4.78, 5) is 17.2. The van der Waals surface area contributed by atoms with Crippen LogP contribution in [0.4, 0.5) is 0 Å². The van der Waals surface area contributed by atoms with Gasteiger partial charge >= 0.3 is 0 Å². The maximum absolute atomic E-state index is 13.0. The van der Waals surface area contributed by atoms with Gasteiger partial charge in [-0.2, -0.15) is 0 Å². The monoisotopic (exact) mass is 330 g/mol. The zero-order valence-electron chi connectivity index (χ0n) is 15.4. The molecule has 4 heteroatoms. The third-order valence-electron chi connectivity index (χ3n) is 4.97. The second-order valence-corrected chi connectivity index (χ2v) is 6.88. The minimum absolute atomic E-state index is 0.0986. The van der Waals surface area contributed by atoms with Crippen LogP contribution in [0, 0.1) is 6.92 Å². The van der Waals surface area contributed by atoms with Crippen molar-refractivity contribution in [3.8, 4) is 5.75 Å². The van der Waals surface area contributed by atoms with Crippen LogP contribution in [0.3, 0.4) is 0 Å². The normalized spacial score (nSPS) is 20.7. The zero-order chi connectivity index (χ0) is 17.7. The van der Waals surface area contributed by atoms with E-state index in [2.05, 4.69) is 25.6 Å². The first-order chi connectivity index (χ1) is 11.5. The van der Waals surface area contributed by atoms with Crippen molar-refractivity contribution in [3.63, 3.8) is 0 Å². The number of hydrogen-bond donors (Lipinski definition) is 0. The summed E-state index contributed by atoms with van der Waals surface area (Å²) in [6.07, 6.45) is 6.38. The van der Waals surface area contributed by atoms with E-state index in [0.29, 0.717) is 12.6 Å². The predicted octanol–water partition coefficient (Wildman–Crippen LogP) is 3.50. The highest BCUT2D eigenvalue weighted by Gasteiger charge is 2.32. The van der Waals surface area contributed by atoms with Gasteiger partial charge in [0.2, 0.25) is 0 Å². The van der Waals surface area contributed by atoms with Gasteiger partial charge in [0, 0.05) is 24.7 Å². The Hall–Kier alpha value is -1.81. The Balaban J connectivity index is 2.16. The molecule has 0 aromatic heterocycles. The first-order valence-electron chi connectivity index (χ1n) is 8.73. The summed E-state index contributed by atoms with van der Waals surface area (Å²) in [5.74, 6) is 0.872. The molecule has 2 rings (SSSR count). The average molecular weight is 330 g/mol. The van der Waals surface area contributed by atoms with Gasteiger partial charge in [-0.25, -0.2) is 0 Å². The third kappa shape index (κ3) is 4.18. The summed E-state index contributed by atoms with van der Waals surface area (Å²) in [6.45, 7) is 6.09. The molecule has 1 aliphatic rings. The van der Waals surface area contributed by atoms with E-state index in [4.69, 9.17) is 4.74 Å². The number of amides is 1. The second-order valence-electron chi connectivity index (χ2n) is 6.88. The van der Waals surface area contributed by atoms with Gasteiger partial charge in [0.05, 0.1) is 0 Å². The van der Waals surface area contributed by atoms with Crippen molar-refractivity contribution in [2.45, 2.75) is 44.7 Å². The maximum Gasteiger partial charge on any atom is 0.254 e. The highest BCUT2D eigenvalue weighted by Crippen LogP contribution is 2.27. The molecule has 1 amide bonds. The molecule has 0 radical (unpaired) electrons. The Kier molecular flexibility index (Phi) is 6.44. The van der Waals surface area contributed by atoms with Crippen LogP contribution in [-0.2, 0) is 0 Å². The molecule has 1 fully saturated rings. The molecule has 0 aliphatic heterocycles. The zero-order valence-corrected chi connectivity index (χ0v) is 15.4. The van der Waals surface area contributed by atoms with E-state index in [1.807, 2.05) is 37.1 Å². The van der Waals surface area contributed by atoms with E-state index >= 15 is 0 Å². The highest BCUT2D eigenvalue weighted by molar-refractivity contribution is 5.95. The van der Waals surface area contributed by atoms with Crippen LogP contribution >= 0.6 is 0 Å². The van der Waals surface area contributed by atoms with Gasteiger partial charge in [0.25, 0.3) is 5.91 Å². The fraction of sp³-hybridized carbons (Fsp3) is 0.550. The van der Waals surface area contributed by atoms with E-state index in [1.165, 1.54) is 12.8 Å². The van der Waals surface area contributed by atoms with Crippen molar-refractivity contribution >= 4 is 5.91 Å². The molecular formula is C20H30N2O2. The summed E-state index contributed by atoms with van der Waals surface area (Å²) >= 11 is 0. The number of nitrogens with zero attached hydrogens (tertiary/aromatic N) is 2. The molecule has 1 saturated carbocycles. The number of carbonyl (C=O) groups is 1. The predicted molar refractivity (Wildman–Crippen MR) is 98.7 cm³/mol. The largest absolute Gasteiger partial charge is 0.490 e. The van der Waals surface area contributed by atoms with E-state index < -0.39 is 0 Å². The van der Waals surface area contributed by atoms with Crippen LogP contribution in [0.15, 0.2) is 30.9 Å². The molecular weight excluding hydrogens is 300 g/mol. The van der Waals surface area contributed by atoms with Crippen molar-refractivity contribution < 1.29 is 9.53 Å². The minimum Gasteiger partial charge on any atom is -0.490 e. The lowest BCUT2D eigenvalue weighted by Gasteiger charge is -2.41. The van der Waals surface area contributed by atoms with Crippen LogP contribution in [0.2, 0.25) is 0 Å². The van der Waals surface area contributed by atoms with Crippen molar-refractivity contribution in [1.29, 1.82) is 0 Å². The average Bonchev–Trinajstić information content (AvgIpc) is 2.58. The van der Waals surface area contributed by atoms with Crippen LogP contribution in [0.5, 0.6) is 5.75 Å². The standard InChI is InChI=1S/C20H30N2O2/c1-6-13-24-16-11-12-17(15(2)14-16)20(23)22(5)19-10-8-7-9-18(19)21(3)4/h6,11-12,14,18-19H,1,7-10,13H2,2-5H3/t18-,19-/m1/s1. The lowest BCUT2D eigenvalue weighted by Crippen LogP contribution is -2.51. The topological polar surface area (TPSA) is 32.8 Å². The molecule has 0 unspecified atom stereocenters. The smallest absolute Gasteiger partial charge is 0.254 e. The number of likely N-dealkylation sites (N-methyl/N-ethyl adjacent to an activating group) is 2. The van der Waals surface area contributed by atoms with Crippen molar-refractivity contribution in [3.05, 3.63) is 42.0 Å². The first kappa shape index (κ1) is 18.5. The molecule has 0 spiro atoms. The van der Waals surface area contributed by atoms with Crippen LogP contribution in [-0.4, -0.2) is 55.5 Å². The minimum atomic E-state index is 0.0986. The fourth-order valence-electron chi connectivity index (χ4n) is 3.61. The fourth-order valence-corrected chi connectivity index (χ4v) is 3.61. The molecule has 1 aromatic carbocycles. The number of ether oxygens (including phenoxy) is 1. The molecule has 0 saturated heterocycles. The van der Waals surface area contributed by atoms with E-state index in [-0.39, 0.29) is 11.9 Å². The molecule has 24 heavy (non-hydrogen) atoms. The number of rotatable bonds is 6. The third-order valence-corrected chi connectivity index (χ3v) is 4.97. The molecule has 132 valence electrons. The second kappa shape index (κ2) is 8.34. The number of hydrogen-bond acceptors (Lipinski definition) is 3. The quantitative estimate of drug-likeness (QED) is 0.748. The van der Waals surface area contributed by atoms with Gasteiger partial charge in [-0.15, -0.1) is 0 Å². The van der Waals surface area contributed by atoms with Crippen molar-refractivity contribution in [1.82, 2.24) is 9.80 Å². The summed E-state index contributed by atoms with van der Waals surface area (Å²) in [7, 11) is 6.16. The lowest BCUT2D eigenvalue weighted by molar-refractivity contribution is 0.0544. The molecule has 4 nitrogen and oxygen atoms in total. The Morgan fingerprint density at radius 3 is 2.50 bits per heavy atom. The van der Waals surface area contributed by atoms with E-state index in [9.17, 15) is 4.79 Å². The highest BCUT2D eigenvalue weighted by atomic mass is 16.5. The van der Waals surface area contributed by atoms with Gasteiger partial charge in [-0.1, -0.05) is 25.5 Å². The molecule has 0 heterocycles. The number of carbonyl (C=O) groups excluding carboxylic acids is 1. The van der Waals surface area contributed by atoms with Crippen LogP contribution in [0.1, 0.15) is 41.6 Å². The summed E-state index contributed by atoms with van der Waals surface area (Å²) < 4.78 is 5.55. The SMILES string of the molecule is C=CCOc1ccc(C(=O)N(C)[C@@H]2CCCC[C@H]2N(C)C)c(C)c1. The van der Waals surface area contributed by atoms with E-state index in [1.54, 1.807) is 6.08 Å².